The van der Waals surface area contributed by atoms with Crippen molar-refractivity contribution in [3.8, 4) is 5.75 Å². The molecule has 1 aliphatic heterocycles. The van der Waals surface area contributed by atoms with Crippen LogP contribution in [-0.4, -0.2) is 54.2 Å². The number of benzene rings is 2. The van der Waals surface area contributed by atoms with Gasteiger partial charge >= 0.3 is 0 Å². The van der Waals surface area contributed by atoms with E-state index in [-0.39, 0.29) is 18.4 Å². The van der Waals surface area contributed by atoms with E-state index in [4.69, 9.17) is 4.74 Å². The normalized spacial score (nSPS) is 25.0. The molecule has 3 atom stereocenters. The average molecular weight is 467 g/mol. The monoisotopic (exact) mass is 466 g/mol. The SMILES string of the molecule is CCCC1(O)C(C)N(CCc2ccccc2)CCC1(CC(=O)NC=O)c1cc(OC)ccc1C. The van der Waals surface area contributed by atoms with Crippen LogP contribution in [0.15, 0.2) is 48.5 Å². The third-order valence-electron chi connectivity index (χ3n) is 7.70. The third kappa shape index (κ3) is 5.03. The average Bonchev–Trinajstić information content (AvgIpc) is 2.83. The van der Waals surface area contributed by atoms with Gasteiger partial charge in [0, 0.05) is 24.4 Å². The zero-order valence-corrected chi connectivity index (χ0v) is 20.8. The predicted octanol–water partition coefficient (Wildman–Crippen LogP) is 3.77. The highest BCUT2D eigenvalue weighted by atomic mass is 16.5. The fraction of sp³-hybridized carbons (Fsp3) is 0.500. The summed E-state index contributed by atoms with van der Waals surface area (Å²) in [5.41, 5.74) is 1.16. The van der Waals surface area contributed by atoms with Crippen LogP contribution in [0.4, 0.5) is 0 Å². The van der Waals surface area contributed by atoms with E-state index in [2.05, 4.69) is 36.2 Å². The van der Waals surface area contributed by atoms with Crippen molar-refractivity contribution < 1.29 is 19.4 Å². The van der Waals surface area contributed by atoms with Gasteiger partial charge in [-0.05, 0) is 68.5 Å². The minimum absolute atomic E-state index is 0.0348. The van der Waals surface area contributed by atoms with E-state index >= 15 is 0 Å². The Morgan fingerprint density at radius 2 is 2.00 bits per heavy atom. The van der Waals surface area contributed by atoms with Crippen molar-refractivity contribution in [2.75, 3.05) is 20.2 Å². The molecule has 1 heterocycles. The maximum Gasteiger partial charge on any atom is 0.227 e. The number of hydrogen-bond donors (Lipinski definition) is 2. The number of aryl methyl sites for hydroxylation is 1. The summed E-state index contributed by atoms with van der Waals surface area (Å²) < 4.78 is 5.51. The Hall–Kier alpha value is -2.70. The summed E-state index contributed by atoms with van der Waals surface area (Å²) in [6.45, 7) is 7.70. The first-order chi connectivity index (χ1) is 16.3. The van der Waals surface area contributed by atoms with Crippen molar-refractivity contribution in [2.45, 2.75) is 69.9 Å². The van der Waals surface area contributed by atoms with Crippen LogP contribution in [0.3, 0.4) is 0 Å². The molecular weight excluding hydrogens is 428 g/mol. The fourth-order valence-electron chi connectivity index (χ4n) is 5.84. The van der Waals surface area contributed by atoms with Crippen molar-refractivity contribution in [3.05, 3.63) is 65.2 Å². The second kappa shape index (κ2) is 11.2. The molecule has 6 nitrogen and oxygen atoms in total. The van der Waals surface area contributed by atoms with E-state index < -0.39 is 11.0 Å². The molecule has 0 spiro atoms. The van der Waals surface area contributed by atoms with Crippen LogP contribution in [0.5, 0.6) is 5.75 Å². The number of likely N-dealkylation sites (tertiary alicyclic amines) is 1. The van der Waals surface area contributed by atoms with Crippen molar-refractivity contribution >= 4 is 12.3 Å². The Labute approximate surface area is 203 Å². The quantitative estimate of drug-likeness (QED) is 0.521. The maximum absolute atomic E-state index is 12.8. The summed E-state index contributed by atoms with van der Waals surface area (Å²) in [6, 6.07) is 16.0. The molecule has 2 amide bonds. The summed E-state index contributed by atoms with van der Waals surface area (Å²) in [4.78, 5) is 26.3. The van der Waals surface area contributed by atoms with E-state index in [1.54, 1.807) is 7.11 Å². The summed E-state index contributed by atoms with van der Waals surface area (Å²) in [7, 11) is 1.62. The molecule has 2 aromatic rings. The van der Waals surface area contributed by atoms with Gasteiger partial charge in [-0.15, -0.1) is 0 Å². The van der Waals surface area contributed by atoms with Gasteiger partial charge in [0.05, 0.1) is 12.7 Å². The predicted molar refractivity (Wildman–Crippen MR) is 134 cm³/mol. The minimum atomic E-state index is -1.17. The van der Waals surface area contributed by atoms with Gasteiger partial charge in [0.15, 0.2) is 0 Å². The second-order valence-electron chi connectivity index (χ2n) is 9.50. The van der Waals surface area contributed by atoms with Crippen LogP contribution in [0.2, 0.25) is 0 Å². The summed E-state index contributed by atoms with van der Waals surface area (Å²) in [5.74, 6) is 0.311. The number of aliphatic hydroxyl groups is 1. The Morgan fingerprint density at radius 3 is 2.65 bits per heavy atom. The number of amides is 2. The molecule has 0 aromatic heterocycles. The van der Waals surface area contributed by atoms with Gasteiger partial charge in [0.1, 0.15) is 5.75 Å². The standard InChI is InChI=1S/C28H38N2O4/c1-5-14-28(33)22(3)30(16-13-23-9-7-6-8-10-23)17-15-27(28,19-26(32)29-20-31)25-18-24(34-4)12-11-21(25)2/h6-12,18,20,22,33H,5,13-17,19H2,1-4H3,(H,29,31,32). The first-order valence-electron chi connectivity index (χ1n) is 12.2. The Kier molecular flexibility index (Phi) is 8.50. The Morgan fingerprint density at radius 1 is 1.26 bits per heavy atom. The Bertz CT molecular complexity index is 980. The first kappa shape index (κ1) is 25.9. The number of nitrogens with one attached hydrogen (secondary N) is 1. The zero-order valence-electron chi connectivity index (χ0n) is 20.8. The molecule has 1 saturated heterocycles. The van der Waals surface area contributed by atoms with E-state index in [1.165, 1.54) is 5.56 Å². The smallest absolute Gasteiger partial charge is 0.227 e. The van der Waals surface area contributed by atoms with Gasteiger partial charge in [-0.25, -0.2) is 0 Å². The van der Waals surface area contributed by atoms with Crippen LogP contribution in [-0.2, 0) is 21.4 Å². The molecule has 1 fully saturated rings. The topological polar surface area (TPSA) is 78.9 Å². The molecule has 3 rings (SSSR count). The molecule has 6 heteroatoms. The number of carbonyl (C=O) groups excluding carboxylic acids is 2. The van der Waals surface area contributed by atoms with E-state index in [1.807, 2.05) is 43.3 Å². The van der Waals surface area contributed by atoms with Crippen molar-refractivity contribution in [3.63, 3.8) is 0 Å². The molecular formula is C28H38N2O4. The van der Waals surface area contributed by atoms with Gasteiger partial charge < -0.3 is 9.84 Å². The molecule has 0 aliphatic carbocycles. The number of imide groups is 1. The van der Waals surface area contributed by atoms with Gasteiger partial charge in [0.25, 0.3) is 0 Å². The lowest BCUT2D eigenvalue weighted by molar-refractivity contribution is -0.151. The molecule has 184 valence electrons. The number of ether oxygens (including phenoxy) is 1. The van der Waals surface area contributed by atoms with E-state index in [9.17, 15) is 14.7 Å². The number of hydrogen-bond acceptors (Lipinski definition) is 5. The highest BCUT2D eigenvalue weighted by Crippen LogP contribution is 2.51. The van der Waals surface area contributed by atoms with E-state index in [0.717, 1.165) is 37.1 Å². The number of carbonyl (C=O) groups is 2. The van der Waals surface area contributed by atoms with Crippen LogP contribution in [0.25, 0.3) is 0 Å². The van der Waals surface area contributed by atoms with Crippen LogP contribution in [0, 0.1) is 6.92 Å². The molecule has 1 aliphatic rings. The highest BCUT2D eigenvalue weighted by molar-refractivity contribution is 5.87. The number of nitrogens with zero attached hydrogens (tertiary/aromatic N) is 1. The number of methoxy groups -OCH3 is 1. The summed E-state index contributed by atoms with van der Waals surface area (Å²) in [5, 5.41) is 14.8. The molecule has 2 aromatic carbocycles. The highest BCUT2D eigenvalue weighted by Gasteiger charge is 2.58. The fourth-order valence-corrected chi connectivity index (χ4v) is 5.84. The molecule has 2 N–H and O–H groups in total. The Balaban J connectivity index is 2.05. The first-order valence-corrected chi connectivity index (χ1v) is 12.2. The zero-order chi connectivity index (χ0) is 24.8. The lowest BCUT2D eigenvalue weighted by Gasteiger charge is -2.58. The number of rotatable bonds is 10. The largest absolute Gasteiger partial charge is 0.497 e. The molecule has 0 bridgehead atoms. The molecule has 0 radical (unpaired) electrons. The lowest BCUT2D eigenvalue weighted by atomic mass is 9.56. The van der Waals surface area contributed by atoms with Gasteiger partial charge in [-0.2, -0.15) is 0 Å². The summed E-state index contributed by atoms with van der Waals surface area (Å²) >= 11 is 0. The minimum Gasteiger partial charge on any atom is -0.497 e. The van der Waals surface area contributed by atoms with Crippen molar-refractivity contribution in [1.82, 2.24) is 10.2 Å². The van der Waals surface area contributed by atoms with Gasteiger partial charge in [0.2, 0.25) is 12.3 Å². The molecule has 34 heavy (non-hydrogen) atoms. The van der Waals surface area contributed by atoms with Crippen LogP contribution < -0.4 is 10.1 Å². The van der Waals surface area contributed by atoms with Crippen LogP contribution >= 0.6 is 0 Å². The second-order valence-corrected chi connectivity index (χ2v) is 9.50. The van der Waals surface area contributed by atoms with Gasteiger partial charge in [-0.3, -0.25) is 19.8 Å². The van der Waals surface area contributed by atoms with Gasteiger partial charge in [-0.1, -0.05) is 49.7 Å². The van der Waals surface area contributed by atoms with Crippen LogP contribution in [0.1, 0.15) is 56.2 Å². The molecule has 3 unspecified atom stereocenters. The molecule has 0 saturated carbocycles. The van der Waals surface area contributed by atoms with Crippen molar-refractivity contribution in [2.24, 2.45) is 0 Å². The third-order valence-corrected chi connectivity index (χ3v) is 7.70. The number of piperidine rings is 1. The van der Waals surface area contributed by atoms with Crippen molar-refractivity contribution in [1.29, 1.82) is 0 Å². The van der Waals surface area contributed by atoms with E-state index in [0.29, 0.717) is 25.0 Å². The summed E-state index contributed by atoms with van der Waals surface area (Å²) in [6.07, 6.45) is 3.26. The maximum atomic E-state index is 12.8. The lowest BCUT2D eigenvalue weighted by Crippen LogP contribution is -2.68.